The molecule has 0 saturated carbocycles. The van der Waals surface area contributed by atoms with Crippen molar-refractivity contribution in [2.75, 3.05) is 7.05 Å². The van der Waals surface area contributed by atoms with Crippen LogP contribution < -0.4 is 0 Å². The first-order valence-corrected chi connectivity index (χ1v) is 8.20. The first-order chi connectivity index (χ1) is 9.13. The number of halogens is 1. The topological polar surface area (TPSA) is 20.3 Å². The summed E-state index contributed by atoms with van der Waals surface area (Å²) in [6, 6.07) is 9.66. The average molecular weight is 369 g/mol. The number of carbonyl (C=O) groups is 1. The molecule has 0 aliphatic carbocycles. The van der Waals surface area contributed by atoms with E-state index in [4.69, 9.17) is 0 Å². The van der Waals surface area contributed by atoms with E-state index >= 15 is 0 Å². The molecule has 19 heavy (non-hydrogen) atoms. The lowest BCUT2D eigenvalue weighted by Crippen LogP contribution is -2.42. The van der Waals surface area contributed by atoms with Gasteiger partial charge in [0.05, 0.1) is 0 Å². The van der Waals surface area contributed by atoms with Gasteiger partial charge in [-0.15, -0.1) is 0 Å². The van der Waals surface area contributed by atoms with E-state index in [0.717, 1.165) is 18.4 Å². The summed E-state index contributed by atoms with van der Waals surface area (Å²) in [5.74, 6) is 0.749. The van der Waals surface area contributed by atoms with Crippen LogP contribution in [0, 0.1) is 9.49 Å². The number of nitrogens with zero attached hydrogens (tertiary/aromatic N) is 1. The van der Waals surface area contributed by atoms with Crippen molar-refractivity contribution in [1.82, 2.24) is 4.90 Å². The molecule has 2 saturated heterocycles. The molecule has 2 aliphatic heterocycles. The van der Waals surface area contributed by atoms with Crippen molar-refractivity contribution in [3.05, 3.63) is 33.4 Å². The molecular weight excluding hydrogens is 349 g/mol. The van der Waals surface area contributed by atoms with E-state index in [1.165, 1.54) is 16.4 Å². The summed E-state index contributed by atoms with van der Waals surface area (Å²) >= 11 is 2.30. The number of rotatable bonds is 3. The van der Waals surface area contributed by atoms with Crippen molar-refractivity contribution in [3.8, 4) is 0 Å². The lowest BCUT2D eigenvalue weighted by atomic mass is 9.85. The van der Waals surface area contributed by atoms with E-state index in [9.17, 15) is 4.79 Å². The predicted molar refractivity (Wildman–Crippen MR) is 85.2 cm³/mol. The Kier molecular flexibility index (Phi) is 3.94. The molecule has 2 fully saturated rings. The van der Waals surface area contributed by atoms with Gasteiger partial charge in [-0.1, -0.05) is 12.1 Å². The lowest BCUT2D eigenvalue weighted by Gasteiger charge is -2.35. The highest BCUT2D eigenvalue weighted by Crippen LogP contribution is 2.38. The third-order valence-corrected chi connectivity index (χ3v) is 5.56. The van der Waals surface area contributed by atoms with Crippen molar-refractivity contribution in [2.24, 2.45) is 5.92 Å². The molecular formula is C16H20INO. The summed E-state index contributed by atoms with van der Waals surface area (Å²) in [5.41, 5.74) is 1.16. The molecule has 0 amide bonds. The van der Waals surface area contributed by atoms with E-state index in [1.807, 2.05) is 0 Å². The van der Waals surface area contributed by atoms with Gasteiger partial charge in [0.2, 0.25) is 0 Å². The molecule has 2 heterocycles. The van der Waals surface area contributed by atoms with Gasteiger partial charge in [0.25, 0.3) is 0 Å². The molecule has 2 bridgehead atoms. The van der Waals surface area contributed by atoms with E-state index in [0.29, 0.717) is 30.2 Å². The fourth-order valence-electron chi connectivity index (χ4n) is 3.62. The van der Waals surface area contributed by atoms with Crippen molar-refractivity contribution < 1.29 is 4.79 Å². The molecule has 0 N–H and O–H groups in total. The lowest BCUT2D eigenvalue weighted by molar-refractivity contribution is -0.124. The van der Waals surface area contributed by atoms with Crippen LogP contribution in [0.1, 0.15) is 31.2 Å². The smallest absolute Gasteiger partial charge is 0.140 e. The molecule has 0 aromatic heterocycles. The van der Waals surface area contributed by atoms with E-state index in [-0.39, 0.29) is 0 Å². The van der Waals surface area contributed by atoms with Gasteiger partial charge in [-0.3, -0.25) is 4.79 Å². The number of fused-ring (bicyclic) bond motifs is 2. The average Bonchev–Trinajstić information content (AvgIpc) is 2.64. The van der Waals surface area contributed by atoms with Crippen LogP contribution in [0.5, 0.6) is 0 Å². The Hall–Kier alpha value is -0.420. The van der Waals surface area contributed by atoms with Crippen LogP contribution in [0.4, 0.5) is 0 Å². The molecule has 102 valence electrons. The van der Waals surface area contributed by atoms with Crippen LogP contribution in [0.3, 0.4) is 0 Å². The zero-order chi connectivity index (χ0) is 13.4. The van der Waals surface area contributed by atoms with Crippen molar-refractivity contribution in [2.45, 2.75) is 44.2 Å². The van der Waals surface area contributed by atoms with Crippen molar-refractivity contribution in [1.29, 1.82) is 0 Å². The fraction of sp³-hybridized carbons (Fsp3) is 0.562. The maximum Gasteiger partial charge on any atom is 0.140 e. The number of Topliss-reactive ketones (excluding diaryl/α,β-unsaturated/α-hetero) is 1. The molecule has 2 nitrogen and oxygen atoms in total. The molecule has 1 aromatic carbocycles. The zero-order valence-corrected chi connectivity index (χ0v) is 13.5. The minimum Gasteiger partial charge on any atom is -0.300 e. The van der Waals surface area contributed by atoms with E-state index < -0.39 is 0 Å². The number of piperidine rings is 1. The monoisotopic (exact) mass is 369 g/mol. The highest BCUT2D eigenvalue weighted by Gasteiger charge is 2.40. The quantitative estimate of drug-likeness (QED) is 0.763. The number of hydrogen-bond acceptors (Lipinski definition) is 2. The van der Waals surface area contributed by atoms with Gasteiger partial charge >= 0.3 is 0 Å². The van der Waals surface area contributed by atoms with E-state index in [2.05, 4.69) is 58.8 Å². The molecule has 0 radical (unpaired) electrons. The number of ketones is 1. The summed E-state index contributed by atoms with van der Waals surface area (Å²) in [6.07, 6.45) is 5.35. The van der Waals surface area contributed by atoms with Gasteiger partial charge in [0, 0.05) is 28.0 Å². The second kappa shape index (κ2) is 5.52. The summed E-state index contributed by atoms with van der Waals surface area (Å²) < 4.78 is 1.23. The Morgan fingerprint density at radius 2 is 1.79 bits per heavy atom. The van der Waals surface area contributed by atoms with Crippen LogP contribution in [-0.4, -0.2) is 29.8 Å². The number of hydrogen-bond donors (Lipinski definition) is 0. The Balaban J connectivity index is 1.64. The van der Waals surface area contributed by atoms with Gasteiger partial charge in [-0.2, -0.15) is 0 Å². The van der Waals surface area contributed by atoms with Crippen molar-refractivity contribution in [3.63, 3.8) is 0 Å². The largest absolute Gasteiger partial charge is 0.300 e. The van der Waals surface area contributed by atoms with Crippen molar-refractivity contribution >= 4 is 28.4 Å². The Morgan fingerprint density at radius 1 is 1.21 bits per heavy atom. The summed E-state index contributed by atoms with van der Waals surface area (Å²) in [5, 5.41) is 0. The normalized spacial score (nSPS) is 30.5. The van der Waals surface area contributed by atoms with Gasteiger partial charge in [0.15, 0.2) is 0 Å². The first kappa shape index (κ1) is 13.6. The van der Waals surface area contributed by atoms with Crippen LogP contribution in [0.2, 0.25) is 0 Å². The van der Waals surface area contributed by atoms with Gasteiger partial charge in [-0.05, 0) is 73.0 Å². The highest BCUT2D eigenvalue weighted by atomic mass is 127. The molecule has 2 aliphatic rings. The van der Waals surface area contributed by atoms with Gasteiger partial charge < -0.3 is 4.90 Å². The SMILES string of the molecule is CN1C2CCC1CC(C(=O)Cc1ccc(I)cc1)C2. The summed E-state index contributed by atoms with van der Waals surface area (Å²) in [4.78, 5) is 15.0. The fourth-order valence-corrected chi connectivity index (χ4v) is 3.98. The number of benzene rings is 1. The minimum atomic E-state index is 0.299. The second-order valence-electron chi connectivity index (χ2n) is 5.99. The van der Waals surface area contributed by atoms with Gasteiger partial charge in [-0.25, -0.2) is 0 Å². The molecule has 3 rings (SSSR count). The van der Waals surface area contributed by atoms with Crippen LogP contribution >= 0.6 is 22.6 Å². The third-order valence-electron chi connectivity index (χ3n) is 4.85. The highest BCUT2D eigenvalue weighted by molar-refractivity contribution is 14.1. The molecule has 3 heteroatoms. The second-order valence-corrected chi connectivity index (χ2v) is 7.23. The van der Waals surface area contributed by atoms with E-state index in [1.54, 1.807) is 0 Å². The maximum absolute atomic E-state index is 12.5. The Labute approximate surface area is 128 Å². The standard InChI is InChI=1S/C16H20INO/c1-18-14-6-7-15(18)10-12(9-14)16(19)8-11-2-4-13(17)5-3-11/h2-5,12,14-15H,6-10H2,1H3. The van der Waals surface area contributed by atoms with Crippen LogP contribution in [-0.2, 0) is 11.2 Å². The molecule has 2 unspecified atom stereocenters. The first-order valence-electron chi connectivity index (χ1n) is 7.12. The van der Waals surface area contributed by atoms with Crippen LogP contribution in [0.15, 0.2) is 24.3 Å². The molecule has 0 spiro atoms. The maximum atomic E-state index is 12.5. The third kappa shape index (κ3) is 2.87. The number of carbonyl (C=O) groups excluding carboxylic acids is 1. The Morgan fingerprint density at radius 3 is 2.37 bits per heavy atom. The summed E-state index contributed by atoms with van der Waals surface area (Å²) in [6.45, 7) is 0. The predicted octanol–water partition coefficient (Wildman–Crippen LogP) is 3.28. The van der Waals surface area contributed by atoms with Crippen LogP contribution in [0.25, 0.3) is 0 Å². The molecule has 1 aromatic rings. The molecule has 2 atom stereocenters. The zero-order valence-electron chi connectivity index (χ0n) is 11.3. The van der Waals surface area contributed by atoms with Gasteiger partial charge in [0.1, 0.15) is 5.78 Å². The Bertz CT molecular complexity index is 456. The summed E-state index contributed by atoms with van der Waals surface area (Å²) in [7, 11) is 2.22. The minimum absolute atomic E-state index is 0.299.